The van der Waals surface area contributed by atoms with Gasteiger partial charge in [0.1, 0.15) is 0 Å². The number of carbonyl (C=O) groups excluding carboxylic acids is 1. The molecule has 0 spiro atoms. The Bertz CT molecular complexity index is 401. The summed E-state index contributed by atoms with van der Waals surface area (Å²) in [5, 5.41) is 0. The summed E-state index contributed by atoms with van der Waals surface area (Å²) >= 11 is 0. The lowest BCUT2D eigenvalue weighted by atomic mass is 9.94. The van der Waals surface area contributed by atoms with Gasteiger partial charge in [-0.05, 0) is 24.1 Å². The lowest BCUT2D eigenvalue weighted by Gasteiger charge is -2.16. The van der Waals surface area contributed by atoms with Crippen LogP contribution >= 0.6 is 0 Å². The van der Waals surface area contributed by atoms with Crippen LogP contribution in [-0.4, -0.2) is 27.3 Å². The summed E-state index contributed by atoms with van der Waals surface area (Å²) in [6.45, 7) is 2.04. The van der Waals surface area contributed by atoms with E-state index in [1.807, 2.05) is 19.1 Å². The van der Waals surface area contributed by atoms with Gasteiger partial charge in [0.15, 0.2) is 11.5 Å². The maximum Gasteiger partial charge on any atom is 0.313 e. The van der Waals surface area contributed by atoms with Gasteiger partial charge in [0, 0.05) is 0 Å². The molecule has 0 amide bonds. The predicted octanol–water partition coefficient (Wildman–Crippen LogP) is 2.76. The molecule has 0 unspecified atom stereocenters. The van der Waals surface area contributed by atoms with Crippen molar-refractivity contribution < 1.29 is 19.0 Å². The van der Waals surface area contributed by atoms with E-state index in [0.29, 0.717) is 11.5 Å². The van der Waals surface area contributed by atoms with Crippen molar-refractivity contribution >= 4 is 5.97 Å². The van der Waals surface area contributed by atoms with Gasteiger partial charge in [0.2, 0.25) is 0 Å². The summed E-state index contributed by atoms with van der Waals surface area (Å²) < 4.78 is 15.3. The molecule has 0 aliphatic rings. The second-order valence-electron chi connectivity index (χ2n) is 3.98. The minimum atomic E-state index is -0.250. The van der Waals surface area contributed by atoms with Crippen LogP contribution in [0, 0.1) is 0 Å². The van der Waals surface area contributed by atoms with Crippen molar-refractivity contribution in [3.8, 4) is 11.5 Å². The van der Waals surface area contributed by atoms with Gasteiger partial charge in [-0.25, -0.2) is 0 Å². The van der Waals surface area contributed by atoms with Gasteiger partial charge < -0.3 is 14.2 Å². The molecule has 0 saturated carbocycles. The van der Waals surface area contributed by atoms with Crippen LogP contribution in [0.3, 0.4) is 0 Å². The van der Waals surface area contributed by atoms with Gasteiger partial charge >= 0.3 is 5.97 Å². The Morgan fingerprint density at radius 1 is 1.17 bits per heavy atom. The first-order valence-electron chi connectivity index (χ1n) is 5.97. The Morgan fingerprint density at radius 2 is 1.83 bits per heavy atom. The van der Waals surface area contributed by atoms with Crippen LogP contribution in [0.1, 0.15) is 31.2 Å². The normalized spacial score (nSPS) is 11.8. The molecule has 0 N–H and O–H groups in total. The fraction of sp³-hybridized carbons (Fsp3) is 0.500. The standard InChI is InChI=1S/C14H20O4/c1-5-6-11(14(15)18-4)10-7-8-12(16-2)13(9-10)17-3/h7-9,11H,5-6H2,1-4H3/t11-/m1/s1. The van der Waals surface area contributed by atoms with Gasteiger partial charge in [-0.1, -0.05) is 19.4 Å². The molecule has 1 atom stereocenters. The summed E-state index contributed by atoms with van der Waals surface area (Å²) in [5.41, 5.74) is 0.890. The average Bonchev–Trinajstić information content (AvgIpc) is 2.43. The van der Waals surface area contributed by atoms with E-state index in [-0.39, 0.29) is 11.9 Å². The smallest absolute Gasteiger partial charge is 0.313 e. The Kier molecular flexibility index (Phi) is 5.49. The van der Waals surface area contributed by atoms with Crippen LogP contribution in [0.5, 0.6) is 11.5 Å². The van der Waals surface area contributed by atoms with Crippen LogP contribution in [0.2, 0.25) is 0 Å². The van der Waals surface area contributed by atoms with Crippen LogP contribution in [0.25, 0.3) is 0 Å². The first kappa shape index (κ1) is 14.4. The number of carbonyl (C=O) groups is 1. The zero-order valence-corrected chi connectivity index (χ0v) is 11.4. The molecule has 4 nitrogen and oxygen atoms in total. The summed E-state index contributed by atoms with van der Waals surface area (Å²) in [5.74, 6) is 0.810. The van der Waals surface area contributed by atoms with Crippen molar-refractivity contribution in [1.29, 1.82) is 0 Å². The lowest BCUT2D eigenvalue weighted by Crippen LogP contribution is -2.14. The maximum atomic E-state index is 11.8. The Morgan fingerprint density at radius 3 is 2.33 bits per heavy atom. The summed E-state index contributed by atoms with van der Waals surface area (Å²) in [4.78, 5) is 11.8. The van der Waals surface area contributed by atoms with E-state index < -0.39 is 0 Å². The third-order valence-electron chi connectivity index (χ3n) is 2.87. The quantitative estimate of drug-likeness (QED) is 0.730. The first-order valence-corrected chi connectivity index (χ1v) is 5.97. The molecular formula is C14H20O4. The van der Waals surface area contributed by atoms with Crippen molar-refractivity contribution in [2.24, 2.45) is 0 Å². The van der Waals surface area contributed by atoms with Crippen molar-refractivity contribution in [3.63, 3.8) is 0 Å². The van der Waals surface area contributed by atoms with Crippen LogP contribution in [-0.2, 0) is 9.53 Å². The van der Waals surface area contributed by atoms with E-state index in [1.54, 1.807) is 20.3 Å². The van der Waals surface area contributed by atoms with Crippen LogP contribution in [0.15, 0.2) is 18.2 Å². The fourth-order valence-electron chi connectivity index (χ4n) is 1.92. The number of benzene rings is 1. The highest BCUT2D eigenvalue weighted by Crippen LogP contribution is 2.32. The molecule has 0 radical (unpaired) electrons. The third-order valence-corrected chi connectivity index (χ3v) is 2.87. The van der Waals surface area contributed by atoms with Gasteiger partial charge in [-0.2, -0.15) is 0 Å². The molecule has 1 rings (SSSR count). The number of rotatable bonds is 6. The molecule has 100 valence electrons. The van der Waals surface area contributed by atoms with Crippen molar-refractivity contribution in [2.75, 3.05) is 21.3 Å². The molecule has 0 bridgehead atoms. The van der Waals surface area contributed by atoms with Gasteiger partial charge in [-0.3, -0.25) is 4.79 Å². The number of methoxy groups -OCH3 is 3. The van der Waals surface area contributed by atoms with Crippen LogP contribution in [0.4, 0.5) is 0 Å². The molecule has 0 heterocycles. The SMILES string of the molecule is CCC[C@@H](C(=O)OC)c1ccc(OC)c(OC)c1. The van der Waals surface area contributed by atoms with Crippen molar-refractivity contribution in [3.05, 3.63) is 23.8 Å². The van der Waals surface area contributed by atoms with E-state index >= 15 is 0 Å². The summed E-state index contributed by atoms with van der Waals surface area (Å²) in [6, 6.07) is 5.51. The highest BCUT2D eigenvalue weighted by Gasteiger charge is 2.21. The molecule has 0 aromatic heterocycles. The highest BCUT2D eigenvalue weighted by atomic mass is 16.5. The second-order valence-corrected chi connectivity index (χ2v) is 3.98. The number of esters is 1. The first-order chi connectivity index (χ1) is 8.67. The third kappa shape index (κ3) is 3.15. The Hall–Kier alpha value is -1.71. The number of ether oxygens (including phenoxy) is 3. The largest absolute Gasteiger partial charge is 0.493 e. The van der Waals surface area contributed by atoms with E-state index in [1.165, 1.54) is 7.11 Å². The zero-order valence-electron chi connectivity index (χ0n) is 11.4. The van der Waals surface area contributed by atoms with Gasteiger partial charge in [0.25, 0.3) is 0 Å². The number of hydrogen-bond donors (Lipinski definition) is 0. The number of hydrogen-bond acceptors (Lipinski definition) is 4. The molecule has 0 aliphatic carbocycles. The highest BCUT2D eigenvalue weighted by molar-refractivity contribution is 5.78. The van der Waals surface area contributed by atoms with E-state index in [4.69, 9.17) is 14.2 Å². The molecule has 0 aliphatic heterocycles. The second kappa shape index (κ2) is 6.89. The monoisotopic (exact) mass is 252 g/mol. The van der Waals surface area contributed by atoms with E-state index in [0.717, 1.165) is 18.4 Å². The predicted molar refractivity (Wildman–Crippen MR) is 69.2 cm³/mol. The maximum absolute atomic E-state index is 11.8. The topological polar surface area (TPSA) is 44.8 Å². The lowest BCUT2D eigenvalue weighted by molar-refractivity contribution is -0.142. The van der Waals surface area contributed by atoms with Gasteiger partial charge in [-0.15, -0.1) is 0 Å². The van der Waals surface area contributed by atoms with Crippen molar-refractivity contribution in [1.82, 2.24) is 0 Å². The van der Waals surface area contributed by atoms with E-state index in [9.17, 15) is 4.79 Å². The Labute approximate surface area is 108 Å². The van der Waals surface area contributed by atoms with Gasteiger partial charge in [0.05, 0.1) is 27.2 Å². The van der Waals surface area contributed by atoms with Crippen LogP contribution < -0.4 is 9.47 Å². The summed E-state index contributed by atoms with van der Waals surface area (Å²) in [6.07, 6.45) is 1.66. The summed E-state index contributed by atoms with van der Waals surface area (Å²) in [7, 11) is 4.57. The average molecular weight is 252 g/mol. The fourth-order valence-corrected chi connectivity index (χ4v) is 1.92. The molecule has 1 aromatic carbocycles. The minimum Gasteiger partial charge on any atom is -0.493 e. The zero-order chi connectivity index (χ0) is 13.5. The molecule has 4 heteroatoms. The molecule has 0 saturated heterocycles. The van der Waals surface area contributed by atoms with E-state index in [2.05, 4.69) is 0 Å². The molecule has 1 aromatic rings. The molecule has 18 heavy (non-hydrogen) atoms. The Balaban J connectivity index is 3.08. The molecular weight excluding hydrogens is 232 g/mol. The van der Waals surface area contributed by atoms with Crippen molar-refractivity contribution in [2.45, 2.75) is 25.7 Å². The minimum absolute atomic E-state index is 0.218. The molecule has 0 fully saturated rings.